The minimum Gasteiger partial charge on any atom is -0.388 e. The molecule has 0 aliphatic carbocycles. The van der Waals surface area contributed by atoms with E-state index in [0.29, 0.717) is 11.4 Å². The Kier molecular flexibility index (Phi) is 4.28. The summed E-state index contributed by atoms with van der Waals surface area (Å²) in [6, 6.07) is 11.7. The first-order chi connectivity index (χ1) is 8.97. The Bertz CT molecular complexity index is 567. The van der Waals surface area contributed by atoms with Crippen LogP contribution in [0.1, 0.15) is 33.9 Å². The Morgan fingerprint density at radius 2 is 1.68 bits per heavy atom. The van der Waals surface area contributed by atoms with Crippen molar-refractivity contribution in [3.8, 4) is 0 Å². The third kappa shape index (κ3) is 3.37. The molecule has 0 heterocycles. The van der Waals surface area contributed by atoms with Crippen molar-refractivity contribution in [2.45, 2.75) is 33.3 Å². The highest BCUT2D eigenvalue weighted by Crippen LogP contribution is 2.25. The Morgan fingerprint density at radius 1 is 1.05 bits per heavy atom. The van der Waals surface area contributed by atoms with Gasteiger partial charge in [-0.1, -0.05) is 41.4 Å². The van der Waals surface area contributed by atoms with Crippen LogP contribution < -0.4 is 0 Å². The van der Waals surface area contributed by atoms with Gasteiger partial charge in [-0.2, -0.15) is 0 Å². The summed E-state index contributed by atoms with van der Waals surface area (Å²) in [6.45, 7) is 6.29. The van der Waals surface area contributed by atoms with Crippen LogP contribution in [0.25, 0.3) is 0 Å². The predicted octanol–water partition coefficient (Wildman–Crippen LogP) is 4.54. The van der Waals surface area contributed by atoms with Crippen molar-refractivity contribution in [2.24, 2.45) is 0 Å². The molecule has 2 aromatic carbocycles. The maximum Gasteiger partial charge on any atom is 0.0831 e. The highest BCUT2D eigenvalue weighted by atomic mass is 35.5. The van der Waals surface area contributed by atoms with Gasteiger partial charge in [-0.05, 0) is 55.2 Å². The number of hydrogen-bond donors (Lipinski definition) is 1. The first-order valence-corrected chi connectivity index (χ1v) is 6.85. The van der Waals surface area contributed by atoms with Crippen LogP contribution in [0.4, 0.5) is 0 Å². The molecule has 0 saturated heterocycles. The first-order valence-electron chi connectivity index (χ1n) is 6.47. The van der Waals surface area contributed by atoms with E-state index in [-0.39, 0.29) is 0 Å². The number of hydrogen-bond acceptors (Lipinski definition) is 1. The molecule has 0 spiro atoms. The Balaban J connectivity index is 2.26. The SMILES string of the molecule is Cc1cc(C)c(CC(O)c2cccc(Cl)c2)c(C)c1. The third-order valence-electron chi connectivity index (χ3n) is 3.47. The summed E-state index contributed by atoms with van der Waals surface area (Å²) in [5.41, 5.74) is 5.82. The summed E-state index contributed by atoms with van der Waals surface area (Å²) >= 11 is 5.96. The lowest BCUT2D eigenvalue weighted by atomic mass is 9.93. The molecule has 1 unspecified atom stereocenters. The summed E-state index contributed by atoms with van der Waals surface area (Å²) in [5, 5.41) is 11.0. The average Bonchev–Trinajstić information content (AvgIpc) is 2.33. The van der Waals surface area contributed by atoms with Crippen molar-refractivity contribution in [1.82, 2.24) is 0 Å². The van der Waals surface area contributed by atoms with Gasteiger partial charge < -0.3 is 5.11 Å². The van der Waals surface area contributed by atoms with Gasteiger partial charge in [0.2, 0.25) is 0 Å². The minimum atomic E-state index is -0.515. The molecule has 100 valence electrons. The molecule has 1 nitrogen and oxygen atoms in total. The molecule has 0 bridgehead atoms. The molecule has 0 saturated carbocycles. The van der Waals surface area contributed by atoms with Crippen LogP contribution in [-0.4, -0.2) is 5.11 Å². The molecular formula is C17H19ClO. The normalized spacial score (nSPS) is 12.5. The fourth-order valence-electron chi connectivity index (χ4n) is 2.56. The summed E-state index contributed by atoms with van der Waals surface area (Å²) in [6.07, 6.45) is 0.108. The van der Waals surface area contributed by atoms with E-state index in [9.17, 15) is 5.11 Å². The van der Waals surface area contributed by atoms with E-state index >= 15 is 0 Å². The number of aliphatic hydroxyl groups excluding tert-OH is 1. The van der Waals surface area contributed by atoms with Crippen molar-refractivity contribution in [1.29, 1.82) is 0 Å². The zero-order valence-corrected chi connectivity index (χ0v) is 12.3. The topological polar surface area (TPSA) is 20.2 Å². The Morgan fingerprint density at radius 3 is 2.26 bits per heavy atom. The van der Waals surface area contributed by atoms with Crippen LogP contribution in [0.2, 0.25) is 5.02 Å². The van der Waals surface area contributed by atoms with E-state index in [1.807, 2.05) is 24.3 Å². The highest BCUT2D eigenvalue weighted by molar-refractivity contribution is 6.30. The molecule has 2 aromatic rings. The molecule has 2 heteroatoms. The average molecular weight is 275 g/mol. The zero-order chi connectivity index (χ0) is 14.0. The molecule has 0 aliphatic rings. The van der Waals surface area contributed by atoms with Gasteiger partial charge in [-0.15, -0.1) is 0 Å². The zero-order valence-electron chi connectivity index (χ0n) is 11.6. The largest absolute Gasteiger partial charge is 0.388 e. The van der Waals surface area contributed by atoms with Crippen molar-refractivity contribution in [3.63, 3.8) is 0 Å². The first kappa shape index (κ1) is 14.1. The van der Waals surface area contributed by atoms with Crippen molar-refractivity contribution >= 4 is 11.6 Å². The lowest BCUT2D eigenvalue weighted by molar-refractivity contribution is 0.178. The molecular weight excluding hydrogens is 256 g/mol. The molecule has 0 aliphatic heterocycles. The van der Waals surface area contributed by atoms with Crippen LogP contribution in [-0.2, 0) is 6.42 Å². The van der Waals surface area contributed by atoms with Crippen LogP contribution in [0.5, 0.6) is 0 Å². The smallest absolute Gasteiger partial charge is 0.0831 e. The number of aliphatic hydroxyl groups is 1. The maximum atomic E-state index is 10.4. The molecule has 0 aromatic heterocycles. The monoisotopic (exact) mass is 274 g/mol. The fraction of sp³-hybridized carbons (Fsp3) is 0.294. The maximum absolute atomic E-state index is 10.4. The summed E-state index contributed by atoms with van der Waals surface area (Å²) in [5.74, 6) is 0. The Hall–Kier alpha value is -1.31. The van der Waals surface area contributed by atoms with E-state index in [1.54, 1.807) is 0 Å². The Labute approximate surface area is 119 Å². The molecule has 0 amide bonds. The second-order valence-electron chi connectivity index (χ2n) is 5.15. The summed E-state index contributed by atoms with van der Waals surface area (Å²) in [7, 11) is 0. The number of halogens is 1. The molecule has 0 fully saturated rings. The van der Waals surface area contributed by atoms with Crippen LogP contribution >= 0.6 is 11.6 Å². The second-order valence-corrected chi connectivity index (χ2v) is 5.59. The molecule has 1 atom stereocenters. The van der Waals surface area contributed by atoms with Gasteiger partial charge in [0.1, 0.15) is 0 Å². The van der Waals surface area contributed by atoms with Crippen molar-refractivity contribution < 1.29 is 5.11 Å². The van der Waals surface area contributed by atoms with Gasteiger partial charge in [-0.3, -0.25) is 0 Å². The van der Waals surface area contributed by atoms with Crippen LogP contribution in [0.15, 0.2) is 36.4 Å². The van der Waals surface area contributed by atoms with E-state index in [0.717, 1.165) is 5.56 Å². The van der Waals surface area contributed by atoms with E-state index in [2.05, 4.69) is 32.9 Å². The van der Waals surface area contributed by atoms with Crippen LogP contribution in [0, 0.1) is 20.8 Å². The molecule has 0 radical (unpaired) electrons. The van der Waals surface area contributed by atoms with E-state index in [1.165, 1.54) is 22.3 Å². The van der Waals surface area contributed by atoms with Gasteiger partial charge in [-0.25, -0.2) is 0 Å². The predicted molar refractivity (Wildman–Crippen MR) is 80.8 cm³/mol. The van der Waals surface area contributed by atoms with Crippen LogP contribution in [0.3, 0.4) is 0 Å². The lowest BCUT2D eigenvalue weighted by Crippen LogP contribution is -2.05. The van der Waals surface area contributed by atoms with Crippen molar-refractivity contribution in [2.75, 3.05) is 0 Å². The van der Waals surface area contributed by atoms with Crippen molar-refractivity contribution in [3.05, 3.63) is 69.2 Å². The lowest BCUT2D eigenvalue weighted by Gasteiger charge is -2.16. The van der Waals surface area contributed by atoms with Gasteiger partial charge >= 0.3 is 0 Å². The van der Waals surface area contributed by atoms with E-state index in [4.69, 9.17) is 11.6 Å². The number of rotatable bonds is 3. The third-order valence-corrected chi connectivity index (χ3v) is 3.71. The standard InChI is InChI=1S/C17H19ClO/c1-11-7-12(2)16(13(3)8-11)10-17(19)14-5-4-6-15(18)9-14/h4-9,17,19H,10H2,1-3H3. The quantitative estimate of drug-likeness (QED) is 0.871. The van der Waals surface area contributed by atoms with E-state index < -0.39 is 6.10 Å². The number of aryl methyl sites for hydroxylation is 3. The molecule has 2 rings (SSSR count). The molecule has 1 N–H and O–H groups in total. The fourth-order valence-corrected chi connectivity index (χ4v) is 2.76. The summed E-state index contributed by atoms with van der Waals surface area (Å²) in [4.78, 5) is 0. The van der Waals surface area contributed by atoms with Gasteiger partial charge in [0.05, 0.1) is 6.10 Å². The summed E-state index contributed by atoms with van der Waals surface area (Å²) < 4.78 is 0. The number of benzene rings is 2. The highest BCUT2D eigenvalue weighted by Gasteiger charge is 2.12. The van der Waals surface area contributed by atoms with Gasteiger partial charge in [0, 0.05) is 11.4 Å². The van der Waals surface area contributed by atoms with Gasteiger partial charge in [0.15, 0.2) is 0 Å². The van der Waals surface area contributed by atoms with Gasteiger partial charge in [0.25, 0.3) is 0 Å². The minimum absolute atomic E-state index is 0.515. The second kappa shape index (κ2) is 5.77. The molecule has 19 heavy (non-hydrogen) atoms.